The Kier molecular flexibility index (Phi) is 3.39. The first-order valence-corrected chi connectivity index (χ1v) is 6.34. The number of Topliss-reactive ketones (excluding diaryl/α,β-unsaturated/α-hetero) is 1. The minimum atomic E-state index is 0.0356. The number of ketones is 1. The number of amides is 1. The van der Waals surface area contributed by atoms with Crippen LogP contribution in [0, 0.1) is 0 Å². The van der Waals surface area contributed by atoms with Crippen molar-refractivity contribution < 1.29 is 9.59 Å². The predicted molar refractivity (Wildman–Crippen MR) is 66.2 cm³/mol. The molecule has 0 saturated carbocycles. The summed E-state index contributed by atoms with van der Waals surface area (Å²) in [5.74, 6) is 0.178. The molecule has 1 amide bonds. The molecule has 1 aromatic carbocycles. The van der Waals surface area contributed by atoms with Crippen LogP contribution in [0.2, 0.25) is 0 Å². The summed E-state index contributed by atoms with van der Waals surface area (Å²) in [5, 5.41) is 0.310. The van der Waals surface area contributed by atoms with Crippen LogP contribution in [0.3, 0.4) is 0 Å². The van der Waals surface area contributed by atoms with Crippen LogP contribution < -0.4 is 4.90 Å². The smallest absolute Gasteiger partial charge is 0.227 e. The highest BCUT2D eigenvalue weighted by Gasteiger charge is 2.22. The Bertz CT molecular complexity index is 431. The Hall–Kier alpha value is -1.16. The molecular formula is C12H12BrNO2. The quantitative estimate of drug-likeness (QED) is 0.630. The Morgan fingerprint density at radius 1 is 1.44 bits per heavy atom. The lowest BCUT2D eigenvalue weighted by Crippen LogP contribution is -2.23. The van der Waals surface area contributed by atoms with E-state index in [9.17, 15) is 9.59 Å². The molecule has 0 radical (unpaired) electrons. The molecule has 0 N–H and O–H groups in total. The standard InChI is InChI=1S/C12H12BrNO2/c13-8-11(15)9-3-1-4-10(7-9)14-6-2-5-12(14)16/h1,3-4,7H,2,5-6,8H2. The summed E-state index contributed by atoms with van der Waals surface area (Å²) in [6.07, 6.45) is 1.51. The lowest BCUT2D eigenvalue weighted by atomic mass is 10.1. The fraction of sp³-hybridized carbons (Fsp3) is 0.333. The number of rotatable bonds is 3. The molecule has 1 aliphatic heterocycles. The lowest BCUT2D eigenvalue weighted by Gasteiger charge is -2.16. The topological polar surface area (TPSA) is 37.4 Å². The molecule has 3 nitrogen and oxygen atoms in total. The fourth-order valence-corrected chi connectivity index (χ4v) is 2.17. The Morgan fingerprint density at radius 2 is 2.25 bits per heavy atom. The highest BCUT2D eigenvalue weighted by atomic mass is 79.9. The summed E-state index contributed by atoms with van der Waals surface area (Å²) < 4.78 is 0. The van der Waals surface area contributed by atoms with E-state index in [1.54, 1.807) is 17.0 Å². The maximum Gasteiger partial charge on any atom is 0.227 e. The summed E-state index contributed by atoms with van der Waals surface area (Å²) in [6.45, 7) is 0.755. The second-order valence-electron chi connectivity index (χ2n) is 3.76. The van der Waals surface area contributed by atoms with E-state index >= 15 is 0 Å². The van der Waals surface area contributed by atoms with Crippen LogP contribution in [-0.4, -0.2) is 23.6 Å². The first kappa shape index (κ1) is 11.3. The van der Waals surface area contributed by atoms with Gasteiger partial charge in [0.05, 0.1) is 5.33 Å². The van der Waals surface area contributed by atoms with E-state index in [0.29, 0.717) is 17.3 Å². The van der Waals surface area contributed by atoms with Gasteiger partial charge >= 0.3 is 0 Å². The van der Waals surface area contributed by atoms with Gasteiger partial charge in [-0.05, 0) is 18.6 Å². The number of anilines is 1. The third-order valence-electron chi connectivity index (χ3n) is 2.67. The van der Waals surface area contributed by atoms with Gasteiger partial charge in [0.25, 0.3) is 0 Å². The van der Waals surface area contributed by atoms with Crippen molar-refractivity contribution in [3.05, 3.63) is 29.8 Å². The molecular weight excluding hydrogens is 270 g/mol. The second-order valence-corrected chi connectivity index (χ2v) is 4.32. The third-order valence-corrected chi connectivity index (χ3v) is 3.18. The zero-order valence-electron chi connectivity index (χ0n) is 8.78. The summed E-state index contributed by atoms with van der Waals surface area (Å²) in [6, 6.07) is 7.24. The van der Waals surface area contributed by atoms with E-state index < -0.39 is 0 Å². The summed E-state index contributed by atoms with van der Waals surface area (Å²) in [5.41, 5.74) is 1.48. The first-order chi connectivity index (χ1) is 7.72. The number of carbonyl (C=O) groups excluding carboxylic acids is 2. The Balaban J connectivity index is 2.28. The van der Waals surface area contributed by atoms with E-state index in [1.165, 1.54) is 0 Å². The molecule has 1 aromatic rings. The van der Waals surface area contributed by atoms with Crippen molar-refractivity contribution >= 4 is 33.3 Å². The number of hydrogen-bond donors (Lipinski definition) is 0. The van der Waals surface area contributed by atoms with Gasteiger partial charge in [-0.3, -0.25) is 9.59 Å². The molecule has 16 heavy (non-hydrogen) atoms. The largest absolute Gasteiger partial charge is 0.312 e. The zero-order chi connectivity index (χ0) is 11.5. The van der Waals surface area contributed by atoms with E-state index in [-0.39, 0.29) is 11.7 Å². The number of hydrogen-bond acceptors (Lipinski definition) is 2. The highest BCUT2D eigenvalue weighted by Crippen LogP contribution is 2.22. The van der Waals surface area contributed by atoms with Gasteiger partial charge in [0.1, 0.15) is 0 Å². The Labute approximate surface area is 103 Å². The Morgan fingerprint density at radius 3 is 2.88 bits per heavy atom. The second kappa shape index (κ2) is 4.78. The van der Waals surface area contributed by atoms with E-state index in [0.717, 1.165) is 18.7 Å². The van der Waals surface area contributed by atoms with Gasteiger partial charge in [0, 0.05) is 24.2 Å². The van der Waals surface area contributed by atoms with Crippen molar-refractivity contribution in [1.82, 2.24) is 0 Å². The van der Waals surface area contributed by atoms with Crippen LogP contribution in [0.15, 0.2) is 24.3 Å². The number of halogens is 1. The molecule has 1 aliphatic rings. The number of carbonyl (C=O) groups is 2. The van der Waals surface area contributed by atoms with Gasteiger partial charge in [-0.15, -0.1) is 0 Å². The minimum absolute atomic E-state index is 0.0356. The van der Waals surface area contributed by atoms with Crippen LogP contribution in [-0.2, 0) is 4.79 Å². The van der Waals surface area contributed by atoms with Crippen molar-refractivity contribution in [2.75, 3.05) is 16.8 Å². The van der Waals surface area contributed by atoms with Gasteiger partial charge in [0.15, 0.2) is 5.78 Å². The van der Waals surface area contributed by atoms with Gasteiger partial charge in [-0.25, -0.2) is 0 Å². The molecule has 0 bridgehead atoms. The van der Waals surface area contributed by atoms with Crippen molar-refractivity contribution in [3.8, 4) is 0 Å². The summed E-state index contributed by atoms with van der Waals surface area (Å²) in [7, 11) is 0. The molecule has 0 unspecified atom stereocenters. The molecule has 0 atom stereocenters. The van der Waals surface area contributed by atoms with E-state index in [4.69, 9.17) is 0 Å². The molecule has 0 aromatic heterocycles. The average Bonchev–Trinajstić information content (AvgIpc) is 2.74. The number of benzene rings is 1. The highest BCUT2D eigenvalue weighted by molar-refractivity contribution is 9.09. The van der Waals surface area contributed by atoms with Crippen molar-refractivity contribution in [2.24, 2.45) is 0 Å². The van der Waals surface area contributed by atoms with Gasteiger partial charge in [0.2, 0.25) is 5.91 Å². The predicted octanol–water partition coefficient (Wildman–Crippen LogP) is 2.39. The van der Waals surface area contributed by atoms with E-state index in [2.05, 4.69) is 15.9 Å². The number of alkyl halides is 1. The van der Waals surface area contributed by atoms with Crippen LogP contribution in [0.1, 0.15) is 23.2 Å². The van der Waals surface area contributed by atoms with Crippen LogP contribution in [0.5, 0.6) is 0 Å². The van der Waals surface area contributed by atoms with E-state index in [1.807, 2.05) is 12.1 Å². The van der Waals surface area contributed by atoms with Crippen molar-refractivity contribution in [2.45, 2.75) is 12.8 Å². The first-order valence-electron chi connectivity index (χ1n) is 5.22. The third kappa shape index (κ3) is 2.16. The summed E-state index contributed by atoms with van der Waals surface area (Å²) >= 11 is 3.14. The zero-order valence-corrected chi connectivity index (χ0v) is 10.4. The number of nitrogens with zero attached hydrogens (tertiary/aromatic N) is 1. The minimum Gasteiger partial charge on any atom is -0.312 e. The fourth-order valence-electron chi connectivity index (χ4n) is 1.85. The van der Waals surface area contributed by atoms with Crippen LogP contribution >= 0.6 is 15.9 Å². The van der Waals surface area contributed by atoms with Gasteiger partial charge < -0.3 is 4.90 Å². The molecule has 84 valence electrons. The molecule has 0 spiro atoms. The monoisotopic (exact) mass is 281 g/mol. The normalized spacial score (nSPS) is 15.6. The van der Waals surface area contributed by atoms with Crippen molar-refractivity contribution in [3.63, 3.8) is 0 Å². The molecule has 1 fully saturated rings. The maximum atomic E-state index is 11.6. The van der Waals surface area contributed by atoms with Crippen molar-refractivity contribution in [1.29, 1.82) is 0 Å². The lowest BCUT2D eigenvalue weighted by molar-refractivity contribution is -0.117. The molecule has 2 rings (SSSR count). The van der Waals surface area contributed by atoms with Crippen LogP contribution in [0.4, 0.5) is 5.69 Å². The summed E-state index contributed by atoms with van der Waals surface area (Å²) in [4.78, 5) is 24.8. The van der Waals surface area contributed by atoms with Gasteiger partial charge in [-0.1, -0.05) is 28.1 Å². The molecule has 0 aliphatic carbocycles. The molecule has 4 heteroatoms. The average molecular weight is 282 g/mol. The maximum absolute atomic E-state index is 11.6. The van der Waals surface area contributed by atoms with Gasteiger partial charge in [-0.2, -0.15) is 0 Å². The van der Waals surface area contributed by atoms with Crippen LogP contribution in [0.25, 0.3) is 0 Å². The molecule has 1 heterocycles. The molecule has 1 saturated heterocycles. The SMILES string of the molecule is O=C(CBr)c1cccc(N2CCCC2=O)c1.